The second-order valence-corrected chi connectivity index (χ2v) is 8.23. The predicted octanol–water partition coefficient (Wildman–Crippen LogP) is 5.95. The van der Waals surface area contributed by atoms with Gasteiger partial charge in [-0.25, -0.2) is 0 Å². The van der Waals surface area contributed by atoms with Gasteiger partial charge in [0.2, 0.25) is 5.69 Å². The standard InChI is InChI=1S/C24H30N/c1-6-16(3)19-7-8-21-22(13-19)18(5)14-25-10-9-20-17(4)11-15(2)12-23(20)24(21)25/h7-8,11-14,16-17,20H,6,9-10H2,1-5H3/q+1. The third-order valence-corrected chi connectivity index (χ3v) is 6.44. The highest BCUT2D eigenvalue weighted by Gasteiger charge is 2.36. The molecule has 2 aliphatic rings. The number of hydrogen-bond acceptors (Lipinski definition) is 0. The molecule has 1 heteroatoms. The molecule has 0 saturated heterocycles. The van der Waals surface area contributed by atoms with Crippen LogP contribution in [-0.2, 0) is 6.54 Å². The van der Waals surface area contributed by atoms with Crippen molar-refractivity contribution >= 4 is 16.3 Å². The molecule has 130 valence electrons. The van der Waals surface area contributed by atoms with Crippen LogP contribution in [0.1, 0.15) is 63.3 Å². The molecule has 3 unspecified atom stereocenters. The summed E-state index contributed by atoms with van der Waals surface area (Å²) in [4.78, 5) is 0. The Kier molecular flexibility index (Phi) is 4.06. The van der Waals surface area contributed by atoms with Crippen molar-refractivity contribution in [1.29, 1.82) is 0 Å². The van der Waals surface area contributed by atoms with E-state index in [1.807, 2.05) is 0 Å². The van der Waals surface area contributed by atoms with Crippen LogP contribution in [-0.4, -0.2) is 0 Å². The average Bonchev–Trinajstić information content (AvgIpc) is 2.60. The Morgan fingerprint density at radius 2 is 2.00 bits per heavy atom. The summed E-state index contributed by atoms with van der Waals surface area (Å²) in [5.74, 6) is 1.94. The van der Waals surface area contributed by atoms with E-state index in [4.69, 9.17) is 0 Å². The molecule has 2 heterocycles. The van der Waals surface area contributed by atoms with Crippen LogP contribution in [0.15, 0.2) is 42.1 Å². The molecule has 0 radical (unpaired) electrons. The number of nitrogens with zero attached hydrogens (tertiary/aromatic N) is 1. The van der Waals surface area contributed by atoms with Gasteiger partial charge in [-0.15, -0.1) is 0 Å². The van der Waals surface area contributed by atoms with Crippen LogP contribution < -0.4 is 4.57 Å². The van der Waals surface area contributed by atoms with Gasteiger partial charge in [0.05, 0.1) is 5.39 Å². The van der Waals surface area contributed by atoms with Gasteiger partial charge in [0, 0.05) is 23.5 Å². The van der Waals surface area contributed by atoms with Crippen molar-refractivity contribution in [3.05, 3.63) is 58.9 Å². The number of allylic oxidation sites excluding steroid dienone is 4. The zero-order valence-electron chi connectivity index (χ0n) is 16.3. The number of fused-ring (bicyclic) bond motifs is 5. The zero-order chi connectivity index (χ0) is 17.7. The summed E-state index contributed by atoms with van der Waals surface area (Å²) in [6.07, 6.45) is 9.71. The first-order chi connectivity index (χ1) is 12.0. The summed E-state index contributed by atoms with van der Waals surface area (Å²) >= 11 is 0. The van der Waals surface area contributed by atoms with E-state index in [1.165, 1.54) is 46.0 Å². The molecule has 0 spiro atoms. The number of benzene rings is 1. The first kappa shape index (κ1) is 16.6. The smallest absolute Gasteiger partial charge is 0.198 e. The van der Waals surface area contributed by atoms with Crippen LogP contribution in [0.2, 0.25) is 0 Å². The zero-order valence-corrected chi connectivity index (χ0v) is 16.3. The van der Waals surface area contributed by atoms with Crippen molar-refractivity contribution in [2.75, 3.05) is 0 Å². The molecule has 0 bridgehead atoms. The van der Waals surface area contributed by atoms with Gasteiger partial charge in [0.15, 0.2) is 6.20 Å². The van der Waals surface area contributed by atoms with E-state index in [0.717, 1.165) is 6.54 Å². The van der Waals surface area contributed by atoms with Gasteiger partial charge < -0.3 is 0 Å². The fourth-order valence-corrected chi connectivity index (χ4v) is 4.81. The van der Waals surface area contributed by atoms with Crippen LogP contribution in [0.25, 0.3) is 16.3 Å². The number of aryl methyl sites for hydroxylation is 2. The lowest BCUT2D eigenvalue weighted by Gasteiger charge is -2.31. The summed E-state index contributed by atoms with van der Waals surface area (Å²) in [5, 5.41) is 2.87. The summed E-state index contributed by atoms with van der Waals surface area (Å²) in [7, 11) is 0. The lowest BCUT2D eigenvalue weighted by molar-refractivity contribution is -0.702. The maximum absolute atomic E-state index is 2.51. The highest BCUT2D eigenvalue weighted by molar-refractivity contribution is 5.94. The first-order valence-corrected chi connectivity index (χ1v) is 9.86. The Hall–Kier alpha value is -1.89. The molecule has 1 aromatic carbocycles. The van der Waals surface area contributed by atoms with Crippen LogP contribution in [0.5, 0.6) is 0 Å². The minimum atomic E-state index is 0.624. The third-order valence-electron chi connectivity index (χ3n) is 6.44. The molecular formula is C24H30N+. The van der Waals surface area contributed by atoms with Crippen LogP contribution >= 0.6 is 0 Å². The first-order valence-electron chi connectivity index (χ1n) is 9.86. The van der Waals surface area contributed by atoms with Crippen molar-refractivity contribution in [1.82, 2.24) is 0 Å². The quantitative estimate of drug-likeness (QED) is 0.598. The SMILES string of the molecule is CCC(C)c1ccc2c3[n+](cc(C)c2c1)CCC1C3=CC(C)=CC1C. The van der Waals surface area contributed by atoms with Crippen LogP contribution in [0, 0.1) is 18.8 Å². The Labute approximate surface area is 152 Å². The largest absolute Gasteiger partial charge is 0.216 e. The lowest BCUT2D eigenvalue weighted by Crippen LogP contribution is -2.45. The van der Waals surface area contributed by atoms with Crippen molar-refractivity contribution in [3.63, 3.8) is 0 Å². The van der Waals surface area contributed by atoms with Gasteiger partial charge in [-0.3, -0.25) is 0 Å². The summed E-state index contributed by atoms with van der Waals surface area (Å²) < 4.78 is 2.51. The molecule has 3 atom stereocenters. The summed E-state index contributed by atoms with van der Waals surface area (Å²) in [5.41, 5.74) is 7.31. The molecule has 25 heavy (non-hydrogen) atoms. The van der Waals surface area contributed by atoms with Gasteiger partial charge in [0.25, 0.3) is 0 Å². The molecule has 1 nitrogen and oxygen atoms in total. The Morgan fingerprint density at radius 3 is 2.76 bits per heavy atom. The van der Waals surface area contributed by atoms with Crippen LogP contribution in [0.4, 0.5) is 0 Å². The number of hydrogen-bond donors (Lipinski definition) is 0. The van der Waals surface area contributed by atoms with E-state index in [2.05, 4.69) is 75.7 Å². The molecule has 0 saturated carbocycles. The fourth-order valence-electron chi connectivity index (χ4n) is 4.81. The topological polar surface area (TPSA) is 3.88 Å². The third kappa shape index (κ3) is 2.65. The summed E-state index contributed by atoms with van der Waals surface area (Å²) in [6, 6.07) is 7.19. The van der Waals surface area contributed by atoms with E-state index in [-0.39, 0.29) is 0 Å². The minimum absolute atomic E-state index is 0.624. The molecule has 0 fully saturated rings. The highest BCUT2D eigenvalue weighted by Crippen LogP contribution is 2.41. The molecule has 1 aliphatic carbocycles. The molecule has 4 rings (SSSR count). The van der Waals surface area contributed by atoms with Crippen LogP contribution in [0.3, 0.4) is 0 Å². The molecule has 2 aromatic rings. The second-order valence-electron chi connectivity index (χ2n) is 8.23. The number of pyridine rings is 1. The predicted molar refractivity (Wildman–Crippen MR) is 107 cm³/mol. The highest BCUT2D eigenvalue weighted by atomic mass is 15.0. The van der Waals surface area contributed by atoms with Gasteiger partial charge in [0.1, 0.15) is 6.54 Å². The van der Waals surface area contributed by atoms with Gasteiger partial charge >= 0.3 is 0 Å². The van der Waals surface area contributed by atoms with Crippen molar-refractivity contribution < 1.29 is 4.57 Å². The van der Waals surface area contributed by atoms with Crippen molar-refractivity contribution in [2.45, 2.75) is 59.9 Å². The van der Waals surface area contributed by atoms with E-state index >= 15 is 0 Å². The van der Waals surface area contributed by atoms with Gasteiger partial charge in [-0.2, -0.15) is 4.57 Å². The maximum Gasteiger partial charge on any atom is 0.216 e. The van der Waals surface area contributed by atoms with Crippen molar-refractivity contribution in [2.24, 2.45) is 11.8 Å². The minimum Gasteiger partial charge on any atom is -0.198 e. The monoisotopic (exact) mass is 332 g/mol. The second kappa shape index (κ2) is 6.12. The molecule has 0 N–H and O–H groups in total. The molecule has 1 aromatic heterocycles. The van der Waals surface area contributed by atoms with E-state index in [9.17, 15) is 0 Å². The summed E-state index contributed by atoms with van der Waals surface area (Å²) in [6.45, 7) is 12.6. The van der Waals surface area contributed by atoms with Gasteiger partial charge in [-0.05, 0) is 55.2 Å². The Balaban J connectivity index is 1.97. The molecular weight excluding hydrogens is 302 g/mol. The normalized spacial score (nSPS) is 23.6. The maximum atomic E-state index is 2.51. The number of aromatic nitrogens is 1. The van der Waals surface area contributed by atoms with E-state index < -0.39 is 0 Å². The lowest BCUT2D eigenvalue weighted by atomic mass is 9.75. The van der Waals surface area contributed by atoms with E-state index in [0.29, 0.717) is 17.8 Å². The van der Waals surface area contributed by atoms with Crippen molar-refractivity contribution in [3.8, 4) is 0 Å². The Bertz CT molecular complexity index is 900. The Morgan fingerprint density at radius 1 is 1.20 bits per heavy atom. The molecule has 1 aliphatic heterocycles. The molecule has 0 amide bonds. The van der Waals surface area contributed by atoms with Gasteiger partial charge in [-0.1, -0.05) is 44.6 Å². The van der Waals surface area contributed by atoms with E-state index in [1.54, 1.807) is 5.57 Å². The fraction of sp³-hybridized carbons (Fsp3) is 0.458. The average molecular weight is 333 g/mol. The number of rotatable bonds is 2.